The number of rotatable bonds is 12. The number of amides is 4. The number of nitrogens with zero attached hydrogens (tertiary/aromatic N) is 2. The van der Waals surface area contributed by atoms with E-state index in [1.165, 1.54) is 6.92 Å². The minimum absolute atomic E-state index is 0.00855. The lowest BCUT2D eigenvalue weighted by atomic mass is 9.95. The lowest BCUT2D eigenvalue weighted by molar-refractivity contribution is -0.138. The van der Waals surface area contributed by atoms with E-state index >= 15 is 0 Å². The molecule has 0 aliphatic heterocycles. The van der Waals surface area contributed by atoms with Crippen LogP contribution in [0, 0.1) is 0 Å². The third kappa shape index (κ3) is 8.71. The van der Waals surface area contributed by atoms with Crippen molar-refractivity contribution in [3.63, 3.8) is 0 Å². The minimum atomic E-state index is -0.976. The highest BCUT2D eigenvalue weighted by molar-refractivity contribution is 6.37. The standard InChI is InChI=1S/C26H34N6O6/c1-17(24(35)28-14-21(33)26(37)31-19-8-4-3-5-9-19)30-23(34)15-29-25(36)18-7-6-10-20(13-18)38-16-22-27-11-12-32(22)2/h6-7,10-13,17,19H,3-5,8-9,14-16H2,1-2H3,(H,28,35)(H,29,36)(H,30,34)(H,31,37). The first-order chi connectivity index (χ1) is 18.2. The maximum atomic E-state index is 12.5. The monoisotopic (exact) mass is 526 g/mol. The van der Waals surface area contributed by atoms with E-state index in [0.717, 1.165) is 37.9 Å². The smallest absolute Gasteiger partial charge is 0.289 e. The average molecular weight is 527 g/mol. The van der Waals surface area contributed by atoms with Gasteiger partial charge in [-0.05, 0) is 38.0 Å². The molecule has 0 radical (unpaired) electrons. The summed E-state index contributed by atoms with van der Waals surface area (Å²) in [6, 6.07) is 5.51. The molecule has 1 aliphatic carbocycles. The number of carbonyl (C=O) groups excluding carboxylic acids is 5. The summed E-state index contributed by atoms with van der Waals surface area (Å²) in [5, 5.41) is 10.00. The highest BCUT2D eigenvalue weighted by Crippen LogP contribution is 2.17. The van der Waals surface area contributed by atoms with E-state index in [2.05, 4.69) is 26.3 Å². The first-order valence-corrected chi connectivity index (χ1v) is 12.6. The van der Waals surface area contributed by atoms with Gasteiger partial charge in [-0.25, -0.2) is 4.98 Å². The number of Topliss-reactive ketones (excluding diaryl/α,β-unsaturated/α-hetero) is 1. The number of aryl methyl sites for hydroxylation is 1. The van der Waals surface area contributed by atoms with Crippen molar-refractivity contribution >= 4 is 29.4 Å². The van der Waals surface area contributed by atoms with Gasteiger partial charge >= 0.3 is 0 Å². The molecule has 1 heterocycles. The van der Waals surface area contributed by atoms with Crippen LogP contribution in [-0.4, -0.2) is 64.1 Å². The fraction of sp³-hybridized carbons (Fsp3) is 0.462. The van der Waals surface area contributed by atoms with Crippen LogP contribution in [0.15, 0.2) is 36.7 Å². The van der Waals surface area contributed by atoms with Crippen LogP contribution in [-0.2, 0) is 32.8 Å². The summed E-state index contributed by atoms with van der Waals surface area (Å²) >= 11 is 0. The van der Waals surface area contributed by atoms with E-state index in [9.17, 15) is 24.0 Å². The van der Waals surface area contributed by atoms with E-state index in [1.54, 1.807) is 36.7 Å². The highest BCUT2D eigenvalue weighted by Gasteiger charge is 2.22. The van der Waals surface area contributed by atoms with Crippen LogP contribution in [0.25, 0.3) is 0 Å². The molecule has 12 nitrogen and oxygen atoms in total. The summed E-state index contributed by atoms with van der Waals surface area (Å²) < 4.78 is 7.51. The second kappa shape index (κ2) is 13.9. The molecule has 1 fully saturated rings. The third-order valence-corrected chi connectivity index (χ3v) is 6.18. The van der Waals surface area contributed by atoms with Crippen LogP contribution in [0.5, 0.6) is 5.75 Å². The topological polar surface area (TPSA) is 161 Å². The number of aromatic nitrogens is 2. The fourth-order valence-corrected chi connectivity index (χ4v) is 3.94. The van der Waals surface area contributed by atoms with E-state index in [0.29, 0.717) is 11.3 Å². The van der Waals surface area contributed by atoms with E-state index in [4.69, 9.17) is 4.74 Å². The molecule has 1 atom stereocenters. The number of nitrogens with one attached hydrogen (secondary N) is 4. The Morgan fingerprint density at radius 2 is 1.84 bits per heavy atom. The Morgan fingerprint density at radius 1 is 1.08 bits per heavy atom. The number of ether oxygens (including phenoxy) is 1. The zero-order valence-electron chi connectivity index (χ0n) is 21.6. The molecule has 12 heteroatoms. The number of carbonyl (C=O) groups is 5. The Labute approximate surface area is 220 Å². The highest BCUT2D eigenvalue weighted by atomic mass is 16.5. The molecular formula is C26H34N6O6. The van der Waals surface area contributed by atoms with Gasteiger partial charge in [-0.15, -0.1) is 0 Å². The van der Waals surface area contributed by atoms with Gasteiger partial charge in [-0.1, -0.05) is 25.3 Å². The molecule has 3 rings (SSSR count). The Kier molecular flexibility index (Phi) is 10.4. The van der Waals surface area contributed by atoms with Crippen molar-refractivity contribution in [3.8, 4) is 5.75 Å². The summed E-state index contributed by atoms with van der Waals surface area (Å²) in [5.74, 6) is -1.98. The largest absolute Gasteiger partial charge is 0.486 e. The van der Waals surface area contributed by atoms with Gasteiger partial charge in [0, 0.05) is 31.0 Å². The molecule has 4 amide bonds. The molecule has 0 bridgehead atoms. The van der Waals surface area contributed by atoms with Crippen LogP contribution in [0.1, 0.15) is 55.2 Å². The van der Waals surface area contributed by atoms with Gasteiger partial charge in [0.05, 0.1) is 13.1 Å². The molecule has 38 heavy (non-hydrogen) atoms. The van der Waals surface area contributed by atoms with Crippen molar-refractivity contribution in [1.29, 1.82) is 0 Å². The second-order valence-corrected chi connectivity index (χ2v) is 9.19. The minimum Gasteiger partial charge on any atom is -0.486 e. The van der Waals surface area contributed by atoms with Gasteiger partial charge in [-0.2, -0.15) is 0 Å². The summed E-state index contributed by atoms with van der Waals surface area (Å²) in [6.45, 7) is 0.835. The van der Waals surface area contributed by atoms with E-state index < -0.39 is 42.0 Å². The molecule has 1 aromatic carbocycles. The predicted molar refractivity (Wildman–Crippen MR) is 137 cm³/mol. The van der Waals surface area contributed by atoms with Gasteiger partial charge in [0.1, 0.15) is 24.2 Å². The Hall–Kier alpha value is -4.22. The predicted octanol–water partition coefficient (Wildman–Crippen LogP) is 0.368. The first-order valence-electron chi connectivity index (χ1n) is 12.6. The molecule has 1 saturated carbocycles. The van der Waals surface area contributed by atoms with Crippen LogP contribution in [0.2, 0.25) is 0 Å². The fourth-order valence-electron chi connectivity index (χ4n) is 3.94. The van der Waals surface area contributed by atoms with Gasteiger partial charge in [0.2, 0.25) is 17.6 Å². The van der Waals surface area contributed by atoms with Crippen molar-refractivity contribution in [2.45, 2.75) is 57.7 Å². The number of hydrogen-bond donors (Lipinski definition) is 4. The van der Waals surface area contributed by atoms with E-state index in [1.807, 2.05) is 11.6 Å². The normalized spacial score (nSPS) is 14.2. The van der Waals surface area contributed by atoms with Crippen LogP contribution in [0.3, 0.4) is 0 Å². The molecule has 204 valence electrons. The summed E-state index contributed by atoms with van der Waals surface area (Å²) in [5.41, 5.74) is 0.297. The van der Waals surface area contributed by atoms with Crippen LogP contribution >= 0.6 is 0 Å². The number of hydrogen-bond acceptors (Lipinski definition) is 7. The van der Waals surface area contributed by atoms with Crippen molar-refractivity contribution in [3.05, 3.63) is 48.0 Å². The molecule has 1 aromatic heterocycles. The van der Waals surface area contributed by atoms with Gasteiger partial charge in [-0.3, -0.25) is 24.0 Å². The average Bonchev–Trinajstić information content (AvgIpc) is 3.33. The maximum absolute atomic E-state index is 12.5. The second-order valence-electron chi connectivity index (χ2n) is 9.19. The molecule has 1 unspecified atom stereocenters. The third-order valence-electron chi connectivity index (χ3n) is 6.18. The van der Waals surface area contributed by atoms with E-state index in [-0.39, 0.29) is 19.2 Å². The van der Waals surface area contributed by atoms with Crippen molar-refractivity contribution < 1.29 is 28.7 Å². The molecule has 2 aromatic rings. The molecular weight excluding hydrogens is 492 g/mol. The Morgan fingerprint density at radius 3 is 2.55 bits per heavy atom. The Balaban J connectivity index is 1.36. The SMILES string of the molecule is CC(NC(=O)CNC(=O)c1cccc(OCc2nccn2C)c1)C(=O)NCC(=O)C(=O)NC1CCCCC1. The van der Waals surface area contributed by atoms with Crippen LogP contribution < -0.4 is 26.0 Å². The summed E-state index contributed by atoms with van der Waals surface area (Å²) in [6.07, 6.45) is 8.30. The zero-order valence-corrected chi connectivity index (χ0v) is 21.6. The quantitative estimate of drug-likeness (QED) is 0.291. The van der Waals surface area contributed by atoms with Gasteiger partial charge < -0.3 is 30.6 Å². The lowest BCUT2D eigenvalue weighted by Crippen LogP contribution is -2.50. The Bertz CT molecular complexity index is 1160. The maximum Gasteiger partial charge on any atom is 0.289 e. The summed E-state index contributed by atoms with van der Waals surface area (Å²) in [7, 11) is 1.85. The lowest BCUT2D eigenvalue weighted by Gasteiger charge is -2.22. The molecule has 1 aliphatic rings. The van der Waals surface area contributed by atoms with Gasteiger partial charge in [0.25, 0.3) is 11.8 Å². The van der Waals surface area contributed by atoms with Crippen molar-refractivity contribution in [2.24, 2.45) is 7.05 Å². The molecule has 4 N–H and O–H groups in total. The van der Waals surface area contributed by atoms with Gasteiger partial charge in [0.15, 0.2) is 0 Å². The number of imidazole rings is 1. The summed E-state index contributed by atoms with van der Waals surface area (Å²) in [4.78, 5) is 65.2. The van der Waals surface area contributed by atoms with Crippen LogP contribution in [0.4, 0.5) is 0 Å². The molecule has 0 spiro atoms. The van der Waals surface area contributed by atoms with Crippen molar-refractivity contribution in [1.82, 2.24) is 30.8 Å². The number of ketones is 1. The molecule has 0 saturated heterocycles. The zero-order chi connectivity index (χ0) is 27.5. The first kappa shape index (κ1) is 28.4. The van der Waals surface area contributed by atoms with Crippen molar-refractivity contribution in [2.75, 3.05) is 13.1 Å². The number of benzene rings is 1.